The number of amides is 1. The van der Waals surface area contributed by atoms with Crippen molar-refractivity contribution in [2.45, 2.75) is 15.2 Å². The number of halogens is 1. The molecule has 0 saturated carbocycles. The molecule has 0 spiro atoms. The van der Waals surface area contributed by atoms with Crippen LogP contribution >= 0.6 is 34.7 Å². The van der Waals surface area contributed by atoms with Gasteiger partial charge in [0.1, 0.15) is 0 Å². The lowest BCUT2D eigenvalue weighted by Gasteiger charge is -2.07. The van der Waals surface area contributed by atoms with Crippen molar-refractivity contribution in [2.75, 3.05) is 11.6 Å². The number of carboxylic acids is 1. The first-order chi connectivity index (χ1) is 14.2. The Hall–Kier alpha value is -2.61. The van der Waals surface area contributed by atoms with E-state index in [0.717, 1.165) is 17.5 Å². The molecule has 0 bridgehead atoms. The normalized spacial score (nSPS) is 11.3. The van der Waals surface area contributed by atoms with Crippen LogP contribution in [0.5, 0.6) is 0 Å². The van der Waals surface area contributed by atoms with E-state index in [2.05, 4.69) is 25.5 Å². The van der Waals surface area contributed by atoms with Crippen LogP contribution in [0.2, 0.25) is 5.02 Å². The Balaban J connectivity index is 1.86. The molecule has 0 unspecified atom stereocenters. The van der Waals surface area contributed by atoms with Crippen LogP contribution in [0.1, 0.15) is 26.4 Å². The topological polar surface area (TPSA) is 152 Å². The van der Waals surface area contributed by atoms with Crippen LogP contribution in [0.3, 0.4) is 0 Å². The van der Waals surface area contributed by atoms with Gasteiger partial charge in [0.2, 0.25) is 20.1 Å². The predicted octanol–water partition coefficient (Wildman–Crippen LogP) is 2.63. The Bertz CT molecular complexity index is 1230. The quantitative estimate of drug-likeness (QED) is 0.290. The van der Waals surface area contributed by atoms with Crippen molar-refractivity contribution in [1.82, 2.24) is 20.2 Å². The summed E-state index contributed by atoms with van der Waals surface area (Å²) in [5.74, 6) is -2.50. The van der Waals surface area contributed by atoms with Gasteiger partial charge < -0.3 is 5.11 Å². The van der Waals surface area contributed by atoms with Crippen molar-refractivity contribution >= 4 is 61.5 Å². The molecule has 0 aliphatic heterocycles. The summed E-state index contributed by atoms with van der Waals surface area (Å²) in [7, 11) is -4.08. The minimum atomic E-state index is -4.08. The fourth-order valence-corrected chi connectivity index (χ4v) is 4.77. The van der Waals surface area contributed by atoms with E-state index in [4.69, 9.17) is 16.7 Å². The molecule has 30 heavy (non-hydrogen) atoms. The molecule has 3 aromatic rings. The van der Waals surface area contributed by atoms with Crippen molar-refractivity contribution in [3.8, 4) is 0 Å². The zero-order chi connectivity index (χ0) is 21.9. The van der Waals surface area contributed by atoms with E-state index in [1.807, 2.05) is 0 Å². The number of benzene rings is 1. The number of carbonyl (C=O) groups is 2. The first-order valence-electron chi connectivity index (χ1n) is 7.96. The van der Waals surface area contributed by atoms with E-state index in [-0.39, 0.29) is 27.0 Å². The molecule has 0 aliphatic rings. The summed E-state index contributed by atoms with van der Waals surface area (Å²) in [4.78, 5) is 31.1. The second kappa shape index (κ2) is 9.04. The molecule has 0 radical (unpaired) electrons. The van der Waals surface area contributed by atoms with Crippen LogP contribution in [0.4, 0.5) is 5.13 Å². The fraction of sp³-hybridized carbons (Fsp3) is 0.125. The Morgan fingerprint density at radius 1 is 1.30 bits per heavy atom. The van der Waals surface area contributed by atoms with Gasteiger partial charge in [0.05, 0.1) is 22.5 Å². The van der Waals surface area contributed by atoms with E-state index in [1.165, 1.54) is 36.0 Å². The number of nitrogens with one attached hydrogen (secondary N) is 1. The molecular weight excluding hydrogens is 474 g/mol. The van der Waals surface area contributed by atoms with Gasteiger partial charge in [-0.3, -0.25) is 10.1 Å². The second-order valence-corrected chi connectivity index (χ2v) is 9.97. The van der Waals surface area contributed by atoms with Crippen molar-refractivity contribution in [2.24, 2.45) is 0 Å². The smallest absolute Gasteiger partial charge is 0.335 e. The number of thioether (sulfide) groups is 1. The minimum Gasteiger partial charge on any atom is -0.478 e. The van der Waals surface area contributed by atoms with Crippen LogP contribution in [-0.2, 0) is 15.6 Å². The maximum absolute atomic E-state index is 12.7. The van der Waals surface area contributed by atoms with Gasteiger partial charge in [-0.25, -0.2) is 23.2 Å². The summed E-state index contributed by atoms with van der Waals surface area (Å²) in [6, 6.07) is 5.48. The van der Waals surface area contributed by atoms with E-state index >= 15 is 0 Å². The highest BCUT2D eigenvalue weighted by molar-refractivity contribution is 8.00. The van der Waals surface area contributed by atoms with Crippen LogP contribution in [0.25, 0.3) is 0 Å². The maximum atomic E-state index is 12.7. The number of carbonyl (C=O) groups excluding carboxylic acids is 1. The van der Waals surface area contributed by atoms with Gasteiger partial charge in [0.15, 0.2) is 10.0 Å². The third-order valence-electron chi connectivity index (χ3n) is 3.55. The average Bonchev–Trinajstić information content (AvgIpc) is 3.15. The van der Waals surface area contributed by atoms with Gasteiger partial charge in [-0.1, -0.05) is 46.8 Å². The van der Waals surface area contributed by atoms with E-state index in [1.54, 1.807) is 6.26 Å². The molecule has 0 fully saturated rings. The number of carboxylic acid groups (broad SMARTS) is 1. The van der Waals surface area contributed by atoms with Gasteiger partial charge in [-0.05, 0) is 24.0 Å². The number of nitrogens with zero attached hydrogens (tertiary/aromatic N) is 4. The zero-order valence-electron chi connectivity index (χ0n) is 15.1. The maximum Gasteiger partial charge on any atom is 0.335 e. The molecule has 0 aliphatic carbocycles. The molecule has 0 saturated heterocycles. The summed E-state index contributed by atoms with van der Waals surface area (Å²) in [5.41, 5.74) is -0.162. The SMILES string of the molecule is CSc1nnc(NC(=O)c2nc(S(=O)(=O)Cc3cccc(C(=O)O)c3)ncc2Cl)s1. The van der Waals surface area contributed by atoms with Crippen molar-refractivity contribution in [1.29, 1.82) is 0 Å². The lowest BCUT2D eigenvalue weighted by atomic mass is 10.1. The van der Waals surface area contributed by atoms with Crippen LogP contribution in [0.15, 0.2) is 40.0 Å². The highest BCUT2D eigenvalue weighted by Crippen LogP contribution is 2.24. The first kappa shape index (κ1) is 22.1. The Kier molecular flexibility index (Phi) is 6.65. The lowest BCUT2D eigenvalue weighted by Crippen LogP contribution is -2.18. The van der Waals surface area contributed by atoms with Crippen LogP contribution < -0.4 is 5.32 Å². The summed E-state index contributed by atoms with van der Waals surface area (Å²) in [6.07, 6.45) is 2.81. The minimum absolute atomic E-state index is 0.0542. The number of hydrogen-bond acceptors (Lipinski definition) is 10. The van der Waals surface area contributed by atoms with Crippen LogP contribution in [-0.4, -0.2) is 51.8 Å². The first-order valence-corrected chi connectivity index (χ1v) is 12.0. The molecule has 14 heteroatoms. The van der Waals surface area contributed by atoms with Crippen molar-refractivity contribution in [3.05, 3.63) is 52.3 Å². The number of anilines is 1. The Morgan fingerprint density at radius 3 is 2.73 bits per heavy atom. The molecule has 2 aromatic heterocycles. The lowest BCUT2D eigenvalue weighted by molar-refractivity contribution is 0.0696. The monoisotopic (exact) mass is 485 g/mol. The molecule has 2 heterocycles. The molecule has 3 rings (SSSR count). The van der Waals surface area contributed by atoms with Gasteiger partial charge in [-0.15, -0.1) is 10.2 Å². The summed E-state index contributed by atoms with van der Waals surface area (Å²) < 4.78 is 26.0. The Labute approximate surface area is 183 Å². The molecule has 2 N–H and O–H groups in total. The van der Waals surface area contributed by atoms with Crippen molar-refractivity contribution < 1.29 is 23.1 Å². The van der Waals surface area contributed by atoms with Crippen molar-refractivity contribution in [3.63, 3.8) is 0 Å². The second-order valence-electron chi connectivity index (χ2n) is 5.65. The van der Waals surface area contributed by atoms with Gasteiger partial charge in [0.25, 0.3) is 5.91 Å². The molecule has 10 nitrogen and oxygen atoms in total. The van der Waals surface area contributed by atoms with Crippen LogP contribution in [0, 0.1) is 0 Å². The predicted molar refractivity (Wildman–Crippen MR) is 111 cm³/mol. The van der Waals surface area contributed by atoms with E-state index < -0.39 is 32.6 Å². The Morgan fingerprint density at radius 2 is 2.07 bits per heavy atom. The zero-order valence-corrected chi connectivity index (χ0v) is 18.3. The molecule has 1 amide bonds. The number of aromatic carboxylic acids is 1. The third kappa shape index (κ3) is 5.11. The molecule has 0 atom stereocenters. The number of aromatic nitrogens is 4. The van der Waals surface area contributed by atoms with Gasteiger partial charge in [-0.2, -0.15) is 0 Å². The number of sulfone groups is 1. The summed E-state index contributed by atoms with van der Waals surface area (Å²) >= 11 is 8.46. The molecular formula is C16H12ClN5O5S3. The standard InChI is InChI=1S/C16H12ClN5O5S3/c1-28-16-22-21-14(29-16)20-12(23)11-10(17)6-18-15(19-11)30(26,27)7-8-3-2-4-9(5-8)13(24)25/h2-6H,7H2,1H3,(H,24,25)(H,20,21,23). The fourth-order valence-electron chi connectivity index (χ4n) is 2.24. The van der Waals surface area contributed by atoms with E-state index in [9.17, 15) is 18.0 Å². The molecule has 156 valence electrons. The highest BCUT2D eigenvalue weighted by Gasteiger charge is 2.24. The molecule has 1 aromatic carbocycles. The van der Waals surface area contributed by atoms with E-state index in [0.29, 0.717) is 4.34 Å². The third-order valence-corrected chi connectivity index (χ3v) is 7.10. The average molecular weight is 486 g/mol. The summed E-state index contributed by atoms with van der Waals surface area (Å²) in [6.45, 7) is 0. The number of hydrogen-bond donors (Lipinski definition) is 2. The van der Waals surface area contributed by atoms with Gasteiger partial charge in [0, 0.05) is 0 Å². The largest absolute Gasteiger partial charge is 0.478 e. The highest BCUT2D eigenvalue weighted by atomic mass is 35.5. The van der Waals surface area contributed by atoms with Gasteiger partial charge >= 0.3 is 5.97 Å². The number of rotatable bonds is 7. The summed E-state index contributed by atoms with van der Waals surface area (Å²) in [5, 5.41) is 18.6.